The zero-order valence-corrected chi connectivity index (χ0v) is 14.9. The van der Waals surface area contributed by atoms with Gasteiger partial charge in [0.15, 0.2) is 5.96 Å². The second kappa shape index (κ2) is 9.62. The fourth-order valence-corrected chi connectivity index (χ4v) is 1.72. The minimum absolute atomic E-state index is 0. The minimum atomic E-state index is -0.280. The van der Waals surface area contributed by atoms with E-state index in [1.165, 1.54) is 0 Å². The first-order valence-electron chi connectivity index (χ1n) is 6.59. The maximum atomic E-state index is 11.7. The van der Waals surface area contributed by atoms with Gasteiger partial charge >= 0.3 is 0 Å². The summed E-state index contributed by atoms with van der Waals surface area (Å²) < 4.78 is 5.19. The number of nitrogens with two attached hydrogens (primary N) is 1. The van der Waals surface area contributed by atoms with Crippen molar-refractivity contribution in [2.24, 2.45) is 10.7 Å². The van der Waals surface area contributed by atoms with Crippen molar-refractivity contribution in [1.82, 2.24) is 4.98 Å². The van der Waals surface area contributed by atoms with Crippen LogP contribution in [0, 0.1) is 0 Å². The number of amides is 1. The Labute approximate surface area is 151 Å². The second-order valence-corrected chi connectivity index (χ2v) is 4.32. The number of hydrogen-bond acceptors (Lipinski definition) is 4. The summed E-state index contributed by atoms with van der Waals surface area (Å²) in [6.45, 7) is -0.0944. The lowest BCUT2D eigenvalue weighted by molar-refractivity contribution is -0.114. The molecule has 0 aliphatic rings. The maximum Gasteiger partial charge on any atom is 0.246 e. The Bertz CT molecular complexity index is 664. The summed E-state index contributed by atoms with van der Waals surface area (Å²) in [5.74, 6) is 0.490. The Kier molecular flexibility index (Phi) is 7.81. The van der Waals surface area contributed by atoms with Crippen LogP contribution in [0.1, 0.15) is 0 Å². The summed E-state index contributed by atoms with van der Waals surface area (Å²) in [5.41, 5.74) is 7.05. The summed E-state index contributed by atoms with van der Waals surface area (Å²) in [6.07, 6.45) is 3.18. The van der Waals surface area contributed by atoms with Crippen LogP contribution in [0.3, 0.4) is 0 Å². The van der Waals surface area contributed by atoms with Crippen molar-refractivity contribution < 1.29 is 9.53 Å². The predicted molar refractivity (Wildman–Crippen MR) is 101 cm³/mol. The van der Waals surface area contributed by atoms with Crippen LogP contribution in [0.4, 0.5) is 11.4 Å². The number of nitrogens with one attached hydrogen (secondary N) is 2. The maximum absolute atomic E-state index is 11.7. The van der Waals surface area contributed by atoms with Gasteiger partial charge in [-0.25, -0.2) is 4.99 Å². The molecule has 0 aliphatic heterocycles. The number of ether oxygens (including phenoxy) is 1. The van der Waals surface area contributed by atoms with E-state index < -0.39 is 0 Å². The highest BCUT2D eigenvalue weighted by molar-refractivity contribution is 14.0. The van der Waals surface area contributed by atoms with Crippen molar-refractivity contribution in [2.45, 2.75) is 0 Å². The molecule has 1 heterocycles. The summed E-state index contributed by atoms with van der Waals surface area (Å²) in [7, 11) is 1.56. The van der Waals surface area contributed by atoms with Crippen molar-refractivity contribution in [2.75, 3.05) is 24.3 Å². The Morgan fingerprint density at radius 2 is 2.04 bits per heavy atom. The summed E-state index contributed by atoms with van der Waals surface area (Å²) in [6, 6.07) is 10.8. The molecular formula is C15H18IN5O2. The zero-order chi connectivity index (χ0) is 15.8. The highest BCUT2D eigenvalue weighted by Crippen LogP contribution is 2.22. The number of hydrogen-bond donors (Lipinski definition) is 3. The summed E-state index contributed by atoms with van der Waals surface area (Å²) in [4.78, 5) is 19.6. The first-order valence-corrected chi connectivity index (χ1v) is 6.59. The third-order valence-corrected chi connectivity index (χ3v) is 2.71. The van der Waals surface area contributed by atoms with Crippen LogP contribution >= 0.6 is 24.0 Å². The van der Waals surface area contributed by atoms with Crippen LogP contribution in [0.5, 0.6) is 5.75 Å². The predicted octanol–water partition coefficient (Wildman–Crippen LogP) is 2.07. The number of nitrogens with zero attached hydrogens (tertiary/aromatic N) is 2. The van der Waals surface area contributed by atoms with E-state index >= 15 is 0 Å². The smallest absolute Gasteiger partial charge is 0.246 e. The molecule has 2 rings (SSSR count). The van der Waals surface area contributed by atoms with Gasteiger partial charge in [0.25, 0.3) is 0 Å². The van der Waals surface area contributed by atoms with Crippen molar-refractivity contribution in [3.8, 4) is 5.75 Å². The first-order chi connectivity index (χ1) is 10.7. The normalized spacial score (nSPS) is 10.4. The van der Waals surface area contributed by atoms with Gasteiger partial charge in [-0.05, 0) is 24.3 Å². The van der Waals surface area contributed by atoms with E-state index in [-0.39, 0.29) is 42.4 Å². The van der Waals surface area contributed by atoms with Gasteiger partial charge in [-0.1, -0.05) is 12.1 Å². The van der Waals surface area contributed by atoms with Crippen LogP contribution < -0.4 is 21.1 Å². The highest BCUT2D eigenvalue weighted by Gasteiger charge is 2.04. The number of benzene rings is 1. The van der Waals surface area contributed by atoms with E-state index in [1.807, 2.05) is 12.1 Å². The van der Waals surface area contributed by atoms with E-state index in [1.54, 1.807) is 43.8 Å². The second-order valence-electron chi connectivity index (χ2n) is 4.32. The number of para-hydroxylation sites is 2. The average molecular weight is 427 g/mol. The monoisotopic (exact) mass is 427 g/mol. The van der Waals surface area contributed by atoms with Gasteiger partial charge in [0.05, 0.1) is 24.7 Å². The molecule has 23 heavy (non-hydrogen) atoms. The number of carbonyl (C=O) groups is 1. The number of pyridine rings is 1. The molecule has 0 saturated carbocycles. The molecular weight excluding hydrogens is 409 g/mol. The van der Waals surface area contributed by atoms with E-state index in [9.17, 15) is 4.79 Å². The standard InChI is InChI=1S/C15H17N5O2.HI/c1-22-13-7-3-2-6-12(13)20-15(16)18-10-14(21)19-11-5-4-8-17-9-11;/h2-9H,10H2,1H3,(H,19,21)(H3,16,18,20);1H. The molecule has 0 radical (unpaired) electrons. The van der Waals surface area contributed by atoms with Crippen molar-refractivity contribution >= 4 is 47.2 Å². The number of rotatable bonds is 5. The van der Waals surface area contributed by atoms with Gasteiger partial charge in [0.2, 0.25) is 5.91 Å². The number of carbonyl (C=O) groups excluding carboxylic acids is 1. The average Bonchev–Trinajstić information content (AvgIpc) is 2.54. The quantitative estimate of drug-likeness (QED) is 0.385. The molecule has 1 amide bonds. The molecule has 0 spiro atoms. The van der Waals surface area contributed by atoms with Crippen LogP contribution in [0.15, 0.2) is 53.8 Å². The van der Waals surface area contributed by atoms with E-state index in [2.05, 4.69) is 20.6 Å². The molecule has 0 aliphatic carbocycles. The number of guanidine groups is 1. The molecule has 8 heteroatoms. The number of halogens is 1. The van der Waals surface area contributed by atoms with Crippen LogP contribution in [0.2, 0.25) is 0 Å². The first kappa shape index (κ1) is 18.7. The molecule has 122 valence electrons. The fourth-order valence-electron chi connectivity index (χ4n) is 1.72. The third kappa shape index (κ3) is 6.10. The minimum Gasteiger partial charge on any atom is -0.495 e. The summed E-state index contributed by atoms with van der Waals surface area (Å²) in [5, 5.41) is 5.56. The van der Waals surface area contributed by atoms with E-state index in [0.717, 1.165) is 0 Å². The molecule has 0 bridgehead atoms. The number of anilines is 2. The molecule has 0 unspecified atom stereocenters. The topological polar surface area (TPSA) is 102 Å². The molecule has 4 N–H and O–H groups in total. The lowest BCUT2D eigenvalue weighted by Crippen LogP contribution is -2.25. The van der Waals surface area contributed by atoms with Gasteiger partial charge in [0.1, 0.15) is 12.3 Å². The Hall–Kier alpha value is -2.36. The largest absolute Gasteiger partial charge is 0.495 e. The van der Waals surface area contributed by atoms with Gasteiger partial charge in [0, 0.05) is 6.20 Å². The van der Waals surface area contributed by atoms with E-state index in [4.69, 9.17) is 10.5 Å². The third-order valence-electron chi connectivity index (χ3n) is 2.71. The van der Waals surface area contributed by atoms with Gasteiger partial charge < -0.3 is 21.1 Å². The van der Waals surface area contributed by atoms with Gasteiger partial charge in [-0.15, -0.1) is 24.0 Å². The molecule has 0 saturated heterocycles. The van der Waals surface area contributed by atoms with Gasteiger partial charge in [-0.3, -0.25) is 9.78 Å². The molecule has 1 aromatic heterocycles. The SMILES string of the molecule is COc1ccccc1NC(N)=NCC(=O)Nc1cccnc1.I. The van der Waals surface area contributed by atoms with Crippen LogP contribution in [-0.2, 0) is 4.79 Å². The lowest BCUT2D eigenvalue weighted by Gasteiger charge is -2.10. The lowest BCUT2D eigenvalue weighted by atomic mass is 10.3. The Morgan fingerprint density at radius 1 is 1.26 bits per heavy atom. The highest BCUT2D eigenvalue weighted by atomic mass is 127. The summed E-state index contributed by atoms with van der Waals surface area (Å²) >= 11 is 0. The number of methoxy groups -OCH3 is 1. The molecule has 7 nitrogen and oxygen atoms in total. The van der Waals surface area contributed by atoms with Gasteiger partial charge in [-0.2, -0.15) is 0 Å². The Balaban J connectivity index is 0.00000264. The van der Waals surface area contributed by atoms with Crippen LogP contribution in [0.25, 0.3) is 0 Å². The van der Waals surface area contributed by atoms with Crippen molar-refractivity contribution in [1.29, 1.82) is 0 Å². The Morgan fingerprint density at radius 3 is 2.74 bits per heavy atom. The molecule has 2 aromatic rings. The van der Waals surface area contributed by atoms with E-state index in [0.29, 0.717) is 17.1 Å². The molecule has 0 atom stereocenters. The zero-order valence-electron chi connectivity index (χ0n) is 12.5. The number of aliphatic imine (C=N–C) groups is 1. The number of aromatic nitrogens is 1. The molecule has 0 fully saturated rings. The fraction of sp³-hybridized carbons (Fsp3) is 0.133. The van der Waals surface area contributed by atoms with Crippen molar-refractivity contribution in [3.63, 3.8) is 0 Å². The van der Waals surface area contributed by atoms with Crippen LogP contribution in [-0.4, -0.2) is 30.5 Å². The van der Waals surface area contributed by atoms with Crippen molar-refractivity contribution in [3.05, 3.63) is 48.8 Å². The molecule has 1 aromatic carbocycles.